The van der Waals surface area contributed by atoms with E-state index in [1.807, 2.05) is 97.1 Å². The van der Waals surface area contributed by atoms with E-state index < -0.39 is 11.8 Å². The number of anilines is 2. The molecule has 0 saturated heterocycles. The van der Waals surface area contributed by atoms with Crippen LogP contribution in [0.25, 0.3) is 0 Å². The lowest BCUT2D eigenvalue weighted by molar-refractivity contribution is -0.148. The maximum atomic E-state index is 12.7. The minimum Gasteiger partial charge on any atom is -0.463 e. The Bertz CT molecular complexity index is 1700. The number of benzene rings is 4. The summed E-state index contributed by atoms with van der Waals surface area (Å²) in [6.45, 7) is 5.90. The van der Waals surface area contributed by atoms with Gasteiger partial charge in [-0.1, -0.05) is 60.7 Å². The van der Waals surface area contributed by atoms with Crippen molar-refractivity contribution >= 4 is 35.1 Å². The number of fused-ring (bicyclic) bond motifs is 2. The molecule has 2 aliphatic rings. The lowest BCUT2D eigenvalue weighted by Gasteiger charge is -2.17. The van der Waals surface area contributed by atoms with Crippen LogP contribution in [0, 0.1) is 0 Å². The Morgan fingerprint density at radius 2 is 0.900 bits per heavy atom. The molecule has 0 aromatic heterocycles. The first kappa shape index (κ1) is 34.5. The average Bonchev–Trinajstić information content (AvgIpc) is 3.67. The molecule has 2 unspecified atom stereocenters. The minimum atomic E-state index is -0.470. The number of hydrogen-bond acceptors (Lipinski definition) is 8. The lowest BCUT2D eigenvalue weighted by Crippen LogP contribution is -2.23. The Morgan fingerprint density at radius 3 is 1.28 bits per heavy atom. The fourth-order valence-electron chi connectivity index (χ4n) is 6.06. The zero-order chi connectivity index (χ0) is 35.0. The third-order valence-electron chi connectivity index (χ3n) is 9.08. The Morgan fingerprint density at radius 1 is 0.540 bits per heavy atom. The van der Waals surface area contributed by atoms with Crippen molar-refractivity contribution < 1.29 is 38.1 Å². The molecule has 0 radical (unpaired) electrons. The second kappa shape index (κ2) is 15.9. The number of nitrogens with zero attached hydrogens (tertiary/aromatic N) is 2. The lowest BCUT2D eigenvalue weighted by atomic mass is 10.0. The van der Waals surface area contributed by atoms with Crippen LogP contribution in [0.1, 0.15) is 68.7 Å². The number of esters is 2. The predicted molar refractivity (Wildman–Crippen MR) is 187 cm³/mol. The van der Waals surface area contributed by atoms with Crippen LogP contribution in [0.5, 0.6) is 0 Å². The van der Waals surface area contributed by atoms with Crippen molar-refractivity contribution in [2.75, 3.05) is 49.4 Å². The van der Waals surface area contributed by atoms with Gasteiger partial charge >= 0.3 is 11.9 Å². The molecule has 2 amide bonds. The van der Waals surface area contributed by atoms with Crippen LogP contribution in [-0.4, -0.2) is 63.4 Å². The summed E-state index contributed by atoms with van der Waals surface area (Å²) in [4.78, 5) is 54.1. The molecule has 10 nitrogen and oxygen atoms in total. The zero-order valence-corrected chi connectivity index (χ0v) is 28.2. The molecule has 0 saturated carbocycles. The summed E-state index contributed by atoms with van der Waals surface area (Å²) in [5.41, 5.74) is 6.61. The molecular formula is C40H40N2O8. The predicted octanol–water partition coefficient (Wildman–Crippen LogP) is 6.03. The third kappa shape index (κ3) is 7.77. The molecule has 2 heterocycles. The minimum absolute atomic E-state index is 0.0243. The summed E-state index contributed by atoms with van der Waals surface area (Å²) in [6, 6.07) is 30.0. The van der Waals surface area contributed by atoms with Crippen LogP contribution in [0.15, 0.2) is 97.1 Å². The Labute approximate surface area is 291 Å². The molecule has 6 rings (SSSR count). The Balaban J connectivity index is 0.813. The van der Waals surface area contributed by atoms with Crippen LogP contribution in [0.2, 0.25) is 0 Å². The largest absolute Gasteiger partial charge is 0.463 e. The van der Waals surface area contributed by atoms with E-state index in [4.69, 9.17) is 18.9 Å². The molecule has 0 N–H and O–H groups in total. The Hall–Kier alpha value is -5.32. The van der Waals surface area contributed by atoms with E-state index in [0.29, 0.717) is 26.3 Å². The molecule has 0 aliphatic carbocycles. The average molecular weight is 677 g/mol. The quantitative estimate of drug-likeness (QED) is 0.111. The summed E-state index contributed by atoms with van der Waals surface area (Å²) in [5.74, 6) is -1.71. The number of hydrogen-bond donors (Lipinski definition) is 0. The molecule has 4 aromatic carbocycles. The van der Waals surface area contributed by atoms with Gasteiger partial charge in [-0.05, 0) is 72.5 Å². The number of ether oxygens (including phenoxy) is 4. The SMILES string of the molecule is CC(C(=O)OCCOCCOCCOC(=O)C(C)c1ccc(N2Cc3ccccc3C2=O)cc1)c1ccc(N2Cc3ccccc3C2=O)cc1. The van der Waals surface area contributed by atoms with Crippen LogP contribution in [0.3, 0.4) is 0 Å². The first-order chi connectivity index (χ1) is 24.3. The molecule has 50 heavy (non-hydrogen) atoms. The first-order valence-corrected chi connectivity index (χ1v) is 16.8. The maximum Gasteiger partial charge on any atom is 0.313 e. The second-order valence-electron chi connectivity index (χ2n) is 12.3. The standard InChI is InChI=1S/C40H40N2O8/c1-27(29-11-15-33(16-12-29)41-25-31-7-3-5-9-35(31)37(41)43)39(45)49-23-21-47-19-20-48-22-24-50-40(46)28(2)30-13-17-34(18-14-30)42-26-32-8-4-6-10-36(32)38(42)44/h3-18,27-28H,19-26H2,1-2H3. The third-order valence-corrected chi connectivity index (χ3v) is 9.08. The molecule has 0 spiro atoms. The van der Waals surface area contributed by atoms with Gasteiger partial charge in [0.2, 0.25) is 0 Å². The van der Waals surface area contributed by atoms with Crippen LogP contribution in [0.4, 0.5) is 11.4 Å². The monoisotopic (exact) mass is 676 g/mol. The summed E-state index contributed by atoms with van der Waals surface area (Å²) in [6.07, 6.45) is 0. The fourth-order valence-corrected chi connectivity index (χ4v) is 6.06. The van der Waals surface area contributed by atoms with E-state index >= 15 is 0 Å². The van der Waals surface area contributed by atoms with E-state index in [-0.39, 0.29) is 50.2 Å². The molecular weight excluding hydrogens is 636 g/mol. The second-order valence-corrected chi connectivity index (χ2v) is 12.3. The summed E-state index contributed by atoms with van der Waals surface area (Å²) >= 11 is 0. The molecule has 0 bridgehead atoms. The van der Waals surface area contributed by atoms with Gasteiger partial charge in [-0.2, -0.15) is 0 Å². The van der Waals surface area contributed by atoms with Crippen molar-refractivity contribution in [1.29, 1.82) is 0 Å². The van der Waals surface area contributed by atoms with E-state index in [1.165, 1.54) is 0 Å². The molecule has 0 fully saturated rings. The van der Waals surface area contributed by atoms with Gasteiger partial charge in [-0.15, -0.1) is 0 Å². The van der Waals surface area contributed by atoms with Gasteiger partial charge in [-0.25, -0.2) is 0 Å². The van der Waals surface area contributed by atoms with Crippen molar-refractivity contribution in [1.82, 2.24) is 0 Å². The molecule has 4 aromatic rings. The molecule has 2 atom stereocenters. The summed E-state index contributed by atoms with van der Waals surface area (Å²) in [7, 11) is 0. The van der Waals surface area contributed by atoms with Crippen molar-refractivity contribution in [3.05, 3.63) is 130 Å². The van der Waals surface area contributed by atoms with Gasteiger partial charge in [-0.3, -0.25) is 19.2 Å². The highest BCUT2D eigenvalue weighted by molar-refractivity contribution is 6.10. The number of amides is 2. The van der Waals surface area contributed by atoms with E-state index in [2.05, 4.69) is 0 Å². The van der Waals surface area contributed by atoms with E-state index in [0.717, 1.165) is 44.8 Å². The Kier molecular flexibility index (Phi) is 11.0. The van der Waals surface area contributed by atoms with Crippen molar-refractivity contribution in [3.63, 3.8) is 0 Å². The summed E-state index contributed by atoms with van der Waals surface area (Å²) < 4.78 is 21.8. The van der Waals surface area contributed by atoms with Crippen LogP contribution >= 0.6 is 0 Å². The zero-order valence-electron chi connectivity index (χ0n) is 28.2. The first-order valence-electron chi connectivity index (χ1n) is 16.8. The smallest absolute Gasteiger partial charge is 0.313 e. The fraction of sp³-hybridized carbons (Fsp3) is 0.300. The van der Waals surface area contributed by atoms with E-state index in [1.54, 1.807) is 23.6 Å². The van der Waals surface area contributed by atoms with Crippen LogP contribution < -0.4 is 9.80 Å². The highest BCUT2D eigenvalue weighted by Crippen LogP contribution is 2.31. The molecule has 2 aliphatic heterocycles. The van der Waals surface area contributed by atoms with Crippen molar-refractivity contribution in [2.24, 2.45) is 0 Å². The van der Waals surface area contributed by atoms with E-state index in [9.17, 15) is 19.2 Å². The van der Waals surface area contributed by atoms with Gasteiger partial charge in [0.25, 0.3) is 11.8 Å². The van der Waals surface area contributed by atoms with Gasteiger partial charge in [0.15, 0.2) is 0 Å². The highest BCUT2D eigenvalue weighted by atomic mass is 16.6. The van der Waals surface area contributed by atoms with Gasteiger partial charge in [0, 0.05) is 22.5 Å². The highest BCUT2D eigenvalue weighted by Gasteiger charge is 2.29. The number of carbonyl (C=O) groups excluding carboxylic acids is 4. The molecule has 258 valence electrons. The van der Waals surface area contributed by atoms with Crippen LogP contribution in [-0.2, 0) is 41.6 Å². The van der Waals surface area contributed by atoms with Crippen molar-refractivity contribution in [3.8, 4) is 0 Å². The number of rotatable bonds is 15. The molecule has 10 heteroatoms. The summed E-state index contributed by atoms with van der Waals surface area (Å²) in [5, 5.41) is 0. The van der Waals surface area contributed by atoms with Gasteiger partial charge in [0.05, 0.1) is 51.4 Å². The maximum absolute atomic E-state index is 12.7. The topological polar surface area (TPSA) is 112 Å². The normalized spacial score (nSPS) is 14.7. The number of carbonyl (C=O) groups is 4. The van der Waals surface area contributed by atoms with Crippen molar-refractivity contribution in [2.45, 2.75) is 38.8 Å². The van der Waals surface area contributed by atoms with Gasteiger partial charge in [0.1, 0.15) is 13.2 Å². The van der Waals surface area contributed by atoms with Gasteiger partial charge < -0.3 is 28.7 Å².